The van der Waals surface area contributed by atoms with Crippen LogP contribution in [0.4, 0.5) is 0 Å². The van der Waals surface area contributed by atoms with Gasteiger partial charge in [-0.3, -0.25) is 4.79 Å². The van der Waals surface area contributed by atoms with Crippen LogP contribution in [0.25, 0.3) is 0 Å². The first-order valence-corrected chi connectivity index (χ1v) is 4.59. The van der Waals surface area contributed by atoms with Crippen molar-refractivity contribution in [2.75, 3.05) is 0 Å². The van der Waals surface area contributed by atoms with Gasteiger partial charge in [-0.05, 0) is 12.3 Å². The van der Waals surface area contributed by atoms with Gasteiger partial charge in [0.15, 0.2) is 0 Å². The number of rotatable bonds is 7. The molecule has 2 nitrogen and oxygen atoms in total. The summed E-state index contributed by atoms with van der Waals surface area (Å²) >= 11 is 0. The van der Waals surface area contributed by atoms with Crippen LogP contribution in [0.15, 0.2) is 0 Å². The van der Waals surface area contributed by atoms with Crippen molar-refractivity contribution in [2.24, 2.45) is 5.92 Å². The van der Waals surface area contributed by atoms with Gasteiger partial charge >= 0.3 is 5.97 Å². The lowest BCUT2D eigenvalue weighted by atomic mass is 10.0. The average Bonchev–Trinajstić information content (AvgIpc) is 2.08. The molecular weight excluding hydrogens is 152 g/mol. The van der Waals surface area contributed by atoms with E-state index in [0.717, 1.165) is 12.8 Å². The third kappa shape index (κ3) is 7.58. The van der Waals surface area contributed by atoms with Gasteiger partial charge < -0.3 is 5.11 Å². The van der Waals surface area contributed by atoms with Crippen LogP contribution >= 0.6 is 0 Å². The minimum Gasteiger partial charge on any atom is -0.481 e. The van der Waals surface area contributed by atoms with Crippen LogP contribution in [0, 0.1) is 5.92 Å². The number of hydrogen-bond acceptors (Lipinski definition) is 1. The third-order valence-corrected chi connectivity index (χ3v) is 1.94. The molecule has 0 aliphatic heterocycles. The fourth-order valence-corrected chi connectivity index (χ4v) is 1.05. The Hall–Kier alpha value is -0.530. The highest BCUT2D eigenvalue weighted by atomic mass is 16.4. The molecule has 2 heteroatoms. The normalized spacial score (nSPS) is 17.6. The molecular formula is C10H20O2. The summed E-state index contributed by atoms with van der Waals surface area (Å²) in [6, 6.07) is 0. The Balaban J connectivity index is 3.60. The SMILES string of the molecule is [2H]C([2H])([2H])C(CC)CCCCCC(=O)O. The highest BCUT2D eigenvalue weighted by Gasteiger charge is 1.99. The Kier molecular flexibility index (Phi) is 4.12. The summed E-state index contributed by atoms with van der Waals surface area (Å²) in [7, 11) is 0. The average molecular weight is 175 g/mol. The van der Waals surface area contributed by atoms with E-state index in [2.05, 4.69) is 0 Å². The number of unbranched alkanes of at least 4 members (excludes halogenated alkanes) is 2. The van der Waals surface area contributed by atoms with Gasteiger partial charge in [0.05, 0.1) is 0 Å². The fraction of sp³-hybridized carbons (Fsp3) is 0.900. The molecule has 0 heterocycles. The molecule has 0 saturated heterocycles. The maximum Gasteiger partial charge on any atom is 0.303 e. The molecule has 0 bridgehead atoms. The van der Waals surface area contributed by atoms with Crippen LogP contribution in [-0.4, -0.2) is 11.1 Å². The monoisotopic (exact) mass is 175 g/mol. The van der Waals surface area contributed by atoms with Gasteiger partial charge in [0.2, 0.25) is 0 Å². The Morgan fingerprint density at radius 1 is 1.50 bits per heavy atom. The molecule has 0 fully saturated rings. The molecule has 0 rings (SSSR count). The molecule has 0 aromatic heterocycles. The Morgan fingerprint density at radius 3 is 2.75 bits per heavy atom. The van der Waals surface area contributed by atoms with Crippen molar-refractivity contribution in [3.8, 4) is 0 Å². The van der Waals surface area contributed by atoms with E-state index in [1.165, 1.54) is 0 Å². The van der Waals surface area contributed by atoms with Crippen LogP contribution in [0.3, 0.4) is 0 Å². The molecule has 0 spiro atoms. The Morgan fingerprint density at radius 2 is 2.25 bits per heavy atom. The standard InChI is InChI=1S/C10H20O2/c1-3-9(2)7-5-4-6-8-10(11)12/h9H,3-8H2,1-2H3,(H,11,12)/i2D3. The molecule has 1 unspecified atom stereocenters. The van der Waals surface area contributed by atoms with Crippen molar-refractivity contribution in [3.05, 3.63) is 0 Å². The van der Waals surface area contributed by atoms with Gasteiger partial charge in [0, 0.05) is 10.5 Å². The van der Waals surface area contributed by atoms with E-state index < -0.39 is 12.8 Å². The maximum atomic E-state index is 10.2. The Bertz CT molecular complexity index is 190. The predicted octanol–water partition coefficient (Wildman–Crippen LogP) is 3.07. The first-order chi connectivity index (χ1) is 6.88. The van der Waals surface area contributed by atoms with Crippen molar-refractivity contribution < 1.29 is 14.0 Å². The van der Waals surface area contributed by atoms with Crippen molar-refractivity contribution in [1.82, 2.24) is 0 Å². The topological polar surface area (TPSA) is 37.3 Å². The van der Waals surface area contributed by atoms with Crippen LogP contribution in [-0.2, 0) is 4.79 Å². The quantitative estimate of drug-likeness (QED) is 0.604. The molecule has 0 saturated carbocycles. The third-order valence-electron chi connectivity index (χ3n) is 1.94. The van der Waals surface area contributed by atoms with E-state index in [1.54, 1.807) is 0 Å². The van der Waals surface area contributed by atoms with Gasteiger partial charge in [-0.2, -0.15) is 0 Å². The summed E-state index contributed by atoms with van der Waals surface area (Å²) in [5, 5.41) is 8.41. The van der Waals surface area contributed by atoms with Crippen LogP contribution < -0.4 is 0 Å². The zero-order chi connectivity index (χ0) is 11.9. The van der Waals surface area contributed by atoms with Gasteiger partial charge in [-0.1, -0.05) is 39.5 Å². The summed E-state index contributed by atoms with van der Waals surface area (Å²) in [5.74, 6) is -1.01. The zero-order valence-corrected chi connectivity index (χ0v) is 7.68. The number of carbonyl (C=O) groups is 1. The molecule has 0 aromatic rings. The summed E-state index contributed by atoms with van der Waals surface area (Å²) in [4.78, 5) is 10.2. The zero-order valence-electron chi connectivity index (χ0n) is 10.7. The van der Waals surface area contributed by atoms with E-state index in [4.69, 9.17) is 9.22 Å². The molecule has 1 N–H and O–H groups in total. The number of aliphatic carboxylic acids is 1. The van der Waals surface area contributed by atoms with Gasteiger partial charge in [0.25, 0.3) is 0 Å². The summed E-state index contributed by atoms with van der Waals surface area (Å²) < 4.78 is 21.8. The van der Waals surface area contributed by atoms with E-state index in [1.807, 2.05) is 6.92 Å². The fourth-order valence-electron chi connectivity index (χ4n) is 1.05. The van der Waals surface area contributed by atoms with Crippen molar-refractivity contribution in [3.63, 3.8) is 0 Å². The van der Waals surface area contributed by atoms with E-state index in [9.17, 15) is 4.79 Å². The summed E-state index contributed by atoms with van der Waals surface area (Å²) in [6.07, 6.45) is 3.78. The second kappa shape index (κ2) is 7.14. The molecule has 0 amide bonds. The molecule has 0 radical (unpaired) electrons. The number of hydrogen-bond donors (Lipinski definition) is 1. The second-order valence-electron chi connectivity index (χ2n) is 3.10. The first kappa shape index (κ1) is 6.93. The minimum atomic E-state index is -1.86. The van der Waals surface area contributed by atoms with Gasteiger partial charge in [-0.15, -0.1) is 0 Å². The largest absolute Gasteiger partial charge is 0.481 e. The van der Waals surface area contributed by atoms with Crippen molar-refractivity contribution in [2.45, 2.75) is 52.3 Å². The molecule has 1 atom stereocenters. The van der Waals surface area contributed by atoms with E-state index in [0.29, 0.717) is 19.3 Å². The number of carboxylic acids is 1. The molecule has 0 aromatic carbocycles. The first-order valence-electron chi connectivity index (χ1n) is 6.09. The van der Waals surface area contributed by atoms with E-state index in [-0.39, 0.29) is 12.3 Å². The lowest BCUT2D eigenvalue weighted by molar-refractivity contribution is -0.137. The molecule has 12 heavy (non-hydrogen) atoms. The highest BCUT2D eigenvalue weighted by Crippen LogP contribution is 2.12. The second-order valence-corrected chi connectivity index (χ2v) is 3.10. The lowest BCUT2D eigenvalue weighted by Crippen LogP contribution is -1.95. The Labute approximate surface area is 79.2 Å². The van der Waals surface area contributed by atoms with Gasteiger partial charge in [-0.25, -0.2) is 0 Å². The van der Waals surface area contributed by atoms with Crippen LogP contribution in [0.1, 0.15) is 56.4 Å². The van der Waals surface area contributed by atoms with Crippen molar-refractivity contribution >= 4 is 5.97 Å². The maximum absolute atomic E-state index is 10.2. The van der Waals surface area contributed by atoms with Crippen LogP contribution in [0.5, 0.6) is 0 Å². The molecule has 0 aliphatic carbocycles. The number of carboxylic acid groups (broad SMARTS) is 1. The van der Waals surface area contributed by atoms with Crippen LogP contribution in [0.2, 0.25) is 0 Å². The van der Waals surface area contributed by atoms with E-state index >= 15 is 0 Å². The predicted molar refractivity (Wildman–Crippen MR) is 50.2 cm³/mol. The van der Waals surface area contributed by atoms with Gasteiger partial charge in [0.1, 0.15) is 0 Å². The highest BCUT2D eigenvalue weighted by molar-refractivity contribution is 5.66. The molecule has 0 aliphatic rings. The summed E-state index contributed by atoms with van der Waals surface area (Å²) in [5.41, 5.74) is 0. The summed E-state index contributed by atoms with van der Waals surface area (Å²) in [6.45, 7) is 0.0236. The van der Waals surface area contributed by atoms with Crippen molar-refractivity contribution in [1.29, 1.82) is 0 Å². The minimum absolute atomic E-state index is 0.185. The smallest absolute Gasteiger partial charge is 0.303 e. The molecule has 72 valence electrons. The lowest BCUT2D eigenvalue weighted by Gasteiger charge is -2.06.